The first-order chi connectivity index (χ1) is 10.2. The summed E-state index contributed by atoms with van der Waals surface area (Å²) >= 11 is 3.53. The predicted octanol–water partition coefficient (Wildman–Crippen LogP) is 2.89. The Balaban J connectivity index is 1.56. The van der Waals surface area contributed by atoms with Crippen LogP contribution in [0.4, 0.5) is 0 Å². The molecule has 4 nitrogen and oxygen atoms in total. The summed E-state index contributed by atoms with van der Waals surface area (Å²) in [5.41, 5.74) is 1.22. The van der Waals surface area contributed by atoms with Crippen LogP contribution in [0.5, 0.6) is 5.75 Å². The smallest absolute Gasteiger partial charge is 0.133 e. The fourth-order valence-electron chi connectivity index (χ4n) is 3.15. The van der Waals surface area contributed by atoms with E-state index in [9.17, 15) is 0 Å². The topological polar surface area (TPSA) is 39.7 Å². The van der Waals surface area contributed by atoms with Gasteiger partial charge in [-0.25, -0.2) is 0 Å². The second-order valence-electron chi connectivity index (χ2n) is 5.87. The van der Waals surface area contributed by atoms with Crippen molar-refractivity contribution in [1.82, 2.24) is 5.32 Å². The van der Waals surface area contributed by atoms with Gasteiger partial charge in [-0.1, -0.05) is 6.07 Å². The summed E-state index contributed by atoms with van der Waals surface area (Å²) in [6, 6.07) is 6.71. The van der Waals surface area contributed by atoms with Gasteiger partial charge < -0.3 is 19.5 Å². The molecular formula is C16H22BrNO3. The minimum Gasteiger partial charge on any atom is -0.496 e. The molecule has 0 bridgehead atoms. The van der Waals surface area contributed by atoms with Crippen LogP contribution >= 0.6 is 15.9 Å². The Morgan fingerprint density at radius 2 is 2.33 bits per heavy atom. The molecule has 0 amide bonds. The van der Waals surface area contributed by atoms with Crippen LogP contribution in [-0.4, -0.2) is 38.6 Å². The Labute approximate surface area is 134 Å². The van der Waals surface area contributed by atoms with Gasteiger partial charge in [-0.05, 0) is 46.5 Å². The molecule has 1 aromatic carbocycles. The number of hydrogen-bond acceptors (Lipinski definition) is 4. The zero-order valence-corrected chi connectivity index (χ0v) is 13.9. The summed E-state index contributed by atoms with van der Waals surface area (Å²) < 4.78 is 17.7. The molecule has 2 fully saturated rings. The molecule has 3 rings (SSSR count). The molecule has 5 heteroatoms. The number of ether oxygens (including phenoxy) is 3. The number of halogens is 1. The molecule has 0 saturated carbocycles. The number of nitrogens with one attached hydrogen (secondary N) is 1. The van der Waals surface area contributed by atoms with Gasteiger partial charge in [-0.2, -0.15) is 0 Å². The van der Waals surface area contributed by atoms with Crippen molar-refractivity contribution < 1.29 is 14.2 Å². The Kier molecular flexibility index (Phi) is 4.84. The third kappa shape index (κ3) is 3.59. The van der Waals surface area contributed by atoms with Crippen LogP contribution in [0.2, 0.25) is 0 Å². The van der Waals surface area contributed by atoms with Crippen LogP contribution in [0.1, 0.15) is 24.8 Å². The summed E-state index contributed by atoms with van der Waals surface area (Å²) in [6.07, 6.45) is 3.14. The first-order valence-electron chi connectivity index (χ1n) is 7.48. The van der Waals surface area contributed by atoms with Gasteiger partial charge in [0.25, 0.3) is 0 Å². The summed E-state index contributed by atoms with van der Waals surface area (Å²) in [5, 5.41) is 3.66. The quantitative estimate of drug-likeness (QED) is 0.901. The van der Waals surface area contributed by atoms with Crippen molar-refractivity contribution in [3.63, 3.8) is 0 Å². The average molecular weight is 356 g/mol. The normalized spacial score (nSPS) is 29.0. The fraction of sp³-hybridized carbons (Fsp3) is 0.625. The zero-order chi connectivity index (χ0) is 14.7. The van der Waals surface area contributed by atoms with Crippen molar-refractivity contribution in [2.24, 2.45) is 0 Å². The summed E-state index contributed by atoms with van der Waals surface area (Å²) in [5.74, 6) is 0.867. The van der Waals surface area contributed by atoms with Crippen molar-refractivity contribution in [1.29, 1.82) is 0 Å². The molecular weight excluding hydrogens is 334 g/mol. The minimum atomic E-state index is -0.0313. The zero-order valence-electron chi connectivity index (χ0n) is 12.4. The van der Waals surface area contributed by atoms with Crippen LogP contribution in [0, 0.1) is 0 Å². The monoisotopic (exact) mass is 355 g/mol. The van der Waals surface area contributed by atoms with Crippen LogP contribution in [-0.2, 0) is 16.0 Å². The molecule has 116 valence electrons. The predicted molar refractivity (Wildman–Crippen MR) is 84.7 cm³/mol. The summed E-state index contributed by atoms with van der Waals surface area (Å²) in [7, 11) is 1.68. The molecule has 21 heavy (non-hydrogen) atoms. The molecule has 0 aromatic heterocycles. The van der Waals surface area contributed by atoms with Crippen LogP contribution in [0.25, 0.3) is 0 Å². The van der Waals surface area contributed by atoms with E-state index in [1.165, 1.54) is 5.56 Å². The number of methoxy groups -OCH3 is 1. The maximum absolute atomic E-state index is 5.97. The number of hydrogen-bond donors (Lipinski definition) is 1. The molecule has 2 heterocycles. The maximum atomic E-state index is 5.97. The average Bonchev–Trinajstić information content (AvgIpc) is 2.93. The number of benzene rings is 1. The van der Waals surface area contributed by atoms with Gasteiger partial charge in [0.1, 0.15) is 5.75 Å². The summed E-state index contributed by atoms with van der Waals surface area (Å²) in [4.78, 5) is 0. The van der Waals surface area contributed by atoms with E-state index in [2.05, 4.69) is 33.4 Å². The third-order valence-electron chi connectivity index (χ3n) is 4.37. The highest BCUT2D eigenvalue weighted by atomic mass is 79.9. The van der Waals surface area contributed by atoms with Crippen molar-refractivity contribution in [3.05, 3.63) is 28.2 Å². The number of rotatable bonds is 4. The molecule has 0 unspecified atom stereocenters. The van der Waals surface area contributed by atoms with Gasteiger partial charge in [-0.3, -0.25) is 0 Å². The summed E-state index contributed by atoms with van der Waals surface area (Å²) in [6.45, 7) is 3.27. The first kappa shape index (κ1) is 15.3. The third-order valence-corrected chi connectivity index (χ3v) is 4.99. The molecule has 2 atom stereocenters. The van der Waals surface area contributed by atoms with Gasteiger partial charge in [-0.15, -0.1) is 0 Å². The van der Waals surface area contributed by atoms with E-state index in [4.69, 9.17) is 14.2 Å². The van der Waals surface area contributed by atoms with Crippen molar-refractivity contribution >= 4 is 15.9 Å². The molecule has 0 aliphatic carbocycles. The maximum Gasteiger partial charge on any atom is 0.133 e. The van der Waals surface area contributed by atoms with Crippen LogP contribution in [0.3, 0.4) is 0 Å². The van der Waals surface area contributed by atoms with Crippen LogP contribution < -0.4 is 10.1 Å². The lowest BCUT2D eigenvalue weighted by atomic mass is 9.89. The van der Waals surface area contributed by atoms with E-state index in [0.717, 1.165) is 55.9 Å². The van der Waals surface area contributed by atoms with Crippen molar-refractivity contribution in [3.8, 4) is 5.75 Å². The second-order valence-corrected chi connectivity index (χ2v) is 6.73. The van der Waals surface area contributed by atoms with Gasteiger partial charge in [0.15, 0.2) is 0 Å². The largest absolute Gasteiger partial charge is 0.496 e. The second kappa shape index (κ2) is 6.65. The first-order valence-corrected chi connectivity index (χ1v) is 8.28. The molecule has 1 aromatic rings. The molecule has 2 aliphatic heterocycles. The van der Waals surface area contributed by atoms with E-state index in [-0.39, 0.29) is 5.60 Å². The Morgan fingerprint density at radius 3 is 3.05 bits per heavy atom. The molecule has 2 saturated heterocycles. The van der Waals surface area contributed by atoms with E-state index in [1.54, 1.807) is 7.11 Å². The van der Waals surface area contributed by atoms with Crippen LogP contribution in [0.15, 0.2) is 22.7 Å². The Morgan fingerprint density at radius 1 is 1.43 bits per heavy atom. The van der Waals surface area contributed by atoms with Gasteiger partial charge in [0, 0.05) is 32.2 Å². The molecule has 2 aliphatic rings. The standard InChI is InChI=1S/C16H22BrNO3/c1-19-15-3-2-12(8-14(15)17)10-18-13-4-6-21-16(9-13)5-7-20-11-16/h2-3,8,13,18H,4-7,9-11H2,1H3/t13-,16+/m0/s1. The molecule has 0 radical (unpaired) electrons. The van der Waals surface area contributed by atoms with E-state index >= 15 is 0 Å². The highest BCUT2D eigenvalue weighted by Crippen LogP contribution is 2.33. The van der Waals surface area contributed by atoms with Gasteiger partial charge in [0.2, 0.25) is 0 Å². The Bertz CT molecular complexity index is 488. The molecule has 1 N–H and O–H groups in total. The van der Waals surface area contributed by atoms with Gasteiger partial charge >= 0.3 is 0 Å². The van der Waals surface area contributed by atoms with E-state index in [0.29, 0.717) is 6.04 Å². The van der Waals surface area contributed by atoms with Crippen molar-refractivity contribution in [2.45, 2.75) is 37.5 Å². The lowest BCUT2D eigenvalue weighted by Crippen LogP contribution is -2.47. The van der Waals surface area contributed by atoms with E-state index in [1.807, 2.05) is 6.07 Å². The lowest BCUT2D eigenvalue weighted by Gasteiger charge is -2.37. The highest BCUT2D eigenvalue weighted by molar-refractivity contribution is 9.10. The Hall–Kier alpha value is -0.620. The van der Waals surface area contributed by atoms with Gasteiger partial charge in [0.05, 0.1) is 23.8 Å². The highest BCUT2D eigenvalue weighted by Gasteiger charge is 2.40. The van der Waals surface area contributed by atoms with E-state index < -0.39 is 0 Å². The lowest BCUT2D eigenvalue weighted by molar-refractivity contribution is -0.0894. The SMILES string of the molecule is COc1ccc(CN[C@H]2CCO[C@]3(CCOC3)C2)cc1Br. The minimum absolute atomic E-state index is 0.0313. The van der Waals surface area contributed by atoms with Crippen molar-refractivity contribution in [2.75, 3.05) is 26.9 Å². The fourth-order valence-corrected chi connectivity index (χ4v) is 3.74. The molecule has 1 spiro atoms.